The van der Waals surface area contributed by atoms with Gasteiger partial charge in [0, 0.05) is 12.6 Å². The van der Waals surface area contributed by atoms with Crippen LogP contribution in [-0.2, 0) is 0 Å². The molecule has 2 nitrogen and oxygen atoms in total. The molecule has 84 valence electrons. The van der Waals surface area contributed by atoms with E-state index >= 15 is 0 Å². The predicted octanol–water partition coefficient (Wildman–Crippen LogP) is 2.09. The molecule has 2 N–H and O–H groups in total. The van der Waals surface area contributed by atoms with E-state index in [0.29, 0.717) is 0 Å². The molecule has 1 aliphatic heterocycles. The minimum absolute atomic E-state index is 0.768. The maximum Gasteiger partial charge on any atom is 0.00927 e. The highest BCUT2D eigenvalue weighted by Crippen LogP contribution is 2.26. The fourth-order valence-corrected chi connectivity index (χ4v) is 2.59. The van der Waals surface area contributed by atoms with E-state index in [9.17, 15) is 0 Å². The third-order valence-electron chi connectivity index (χ3n) is 3.62. The number of hydrogen-bond donors (Lipinski definition) is 1. The molecule has 3 atom stereocenters. The summed E-state index contributed by atoms with van der Waals surface area (Å²) >= 11 is 0. The van der Waals surface area contributed by atoms with Crippen molar-refractivity contribution in [2.24, 2.45) is 17.6 Å². The van der Waals surface area contributed by atoms with Crippen LogP contribution >= 0.6 is 0 Å². The minimum Gasteiger partial charge on any atom is -0.330 e. The molecule has 1 rings (SSSR count). The van der Waals surface area contributed by atoms with Crippen molar-refractivity contribution in [3.05, 3.63) is 0 Å². The minimum atomic E-state index is 0.768. The molecule has 3 unspecified atom stereocenters. The van der Waals surface area contributed by atoms with Gasteiger partial charge >= 0.3 is 0 Å². The Balaban J connectivity index is 2.33. The third-order valence-corrected chi connectivity index (χ3v) is 3.62. The lowest BCUT2D eigenvalue weighted by molar-refractivity contribution is 0.0784. The Morgan fingerprint density at radius 3 is 2.57 bits per heavy atom. The molecule has 0 radical (unpaired) electrons. The highest BCUT2D eigenvalue weighted by Gasteiger charge is 2.27. The van der Waals surface area contributed by atoms with Gasteiger partial charge in [0.05, 0.1) is 0 Å². The number of hydrogen-bond acceptors (Lipinski definition) is 2. The second-order valence-electron chi connectivity index (χ2n) is 5.05. The zero-order valence-corrected chi connectivity index (χ0v) is 10.00. The molecule has 1 saturated heterocycles. The van der Waals surface area contributed by atoms with Gasteiger partial charge in [-0.05, 0) is 51.1 Å². The van der Waals surface area contributed by atoms with E-state index in [1.807, 2.05) is 0 Å². The summed E-state index contributed by atoms with van der Waals surface area (Å²) in [5, 5.41) is 0. The van der Waals surface area contributed by atoms with Crippen LogP contribution in [-0.4, -0.2) is 30.6 Å². The molecule has 2 heteroatoms. The SMILES string of the molecule is CC1CC(C)C(C)N(CCCCN)C1. The normalized spacial score (nSPS) is 34.7. The molecular weight excluding hydrogens is 172 g/mol. The van der Waals surface area contributed by atoms with Crippen LogP contribution in [0, 0.1) is 11.8 Å². The van der Waals surface area contributed by atoms with Gasteiger partial charge in [-0.15, -0.1) is 0 Å². The number of unbranched alkanes of at least 4 members (excludes halogenated alkanes) is 1. The monoisotopic (exact) mass is 198 g/mol. The number of rotatable bonds is 4. The fourth-order valence-electron chi connectivity index (χ4n) is 2.59. The first-order valence-electron chi connectivity index (χ1n) is 6.09. The van der Waals surface area contributed by atoms with E-state index < -0.39 is 0 Å². The highest BCUT2D eigenvalue weighted by atomic mass is 15.2. The molecule has 14 heavy (non-hydrogen) atoms. The summed E-state index contributed by atoms with van der Waals surface area (Å²) in [5.41, 5.74) is 5.51. The molecule has 0 aliphatic carbocycles. The lowest BCUT2D eigenvalue weighted by Gasteiger charge is -2.41. The molecule has 0 spiro atoms. The average Bonchev–Trinajstić information content (AvgIpc) is 2.13. The molecule has 0 bridgehead atoms. The van der Waals surface area contributed by atoms with Crippen molar-refractivity contribution in [3.63, 3.8) is 0 Å². The molecule has 0 aromatic rings. The van der Waals surface area contributed by atoms with E-state index in [1.165, 1.54) is 32.4 Å². The predicted molar refractivity (Wildman–Crippen MR) is 62.3 cm³/mol. The lowest BCUT2D eigenvalue weighted by atomic mass is 9.86. The van der Waals surface area contributed by atoms with E-state index in [2.05, 4.69) is 25.7 Å². The van der Waals surface area contributed by atoms with E-state index in [4.69, 9.17) is 5.73 Å². The van der Waals surface area contributed by atoms with Gasteiger partial charge in [-0.3, -0.25) is 0 Å². The maximum absolute atomic E-state index is 5.51. The number of piperidine rings is 1. The molecule has 0 saturated carbocycles. The van der Waals surface area contributed by atoms with Gasteiger partial charge in [-0.2, -0.15) is 0 Å². The Morgan fingerprint density at radius 2 is 1.93 bits per heavy atom. The lowest BCUT2D eigenvalue weighted by Crippen LogP contribution is -2.46. The molecule has 1 aliphatic rings. The standard InChI is InChI=1S/C12H26N2/c1-10-8-11(2)12(3)14(9-10)7-5-4-6-13/h10-12H,4-9,13H2,1-3H3. The summed E-state index contributed by atoms with van der Waals surface area (Å²) in [6, 6.07) is 0.768. The summed E-state index contributed by atoms with van der Waals surface area (Å²) in [6.07, 6.45) is 3.83. The van der Waals surface area contributed by atoms with Crippen molar-refractivity contribution in [3.8, 4) is 0 Å². The summed E-state index contributed by atoms with van der Waals surface area (Å²) in [5.74, 6) is 1.73. The van der Waals surface area contributed by atoms with Gasteiger partial charge < -0.3 is 10.6 Å². The van der Waals surface area contributed by atoms with Crippen molar-refractivity contribution in [2.75, 3.05) is 19.6 Å². The van der Waals surface area contributed by atoms with Crippen LogP contribution < -0.4 is 5.73 Å². The number of nitrogens with zero attached hydrogens (tertiary/aromatic N) is 1. The number of likely N-dealkylation sites (tertiary alicyclic amines) is 1. The van der Waals surface area contributed by atoms with Crippen LogP contribution in [0.25, 0.3) is 0 Å². The van der Waals surface area contributed by atoms with Crippen molar-refractivity contribution in [1.82, 2.24) is 4.90 Å². The average molecular weight is 198 g/mol. The zero-order chi connectivity index (χ0) is 10.6. The first kappa shape index (κ1) is 12.0. The Hall–Kier alpha value is -0.0800. The zero-order valence-electron chi connectivity index (χ0n) is 10.00. The van der Waals surface area contributed by atoms with Gasteiger partial charge in [0.25, 0.3) is 0 Å². The first-order valence-corrected chi connectivity index (χ1v) is 6.09. The Kier molecular flexibility index (Phi) is 4.90. The fraction of sp³-hybridized carbons (Fsp3) is 1.00. The first-order chi connectivity index (χ1) is 6.65. The highest BCUT2D eigenvalue weighted by molar-refractivity contribution is 4.81. The van der Waals surface area contributed by atoms with Crippen LogP contribution in [0.3, 0.4) is 0 Å². The van der Waals surface area contributed by atoms with Gasteiger partial charge in [-0.25, -0.2) is 0 Å². The summed E-state index contributed by atoms with van der Waals surface area (Å²) in [7, 11) is 0. The van der Waals surface area contributed by atoms with Crippen molar-refractivity contribution in [2.45, 2.75) is 46.1 Å². The van der Waals surface area contributed by atoms with Gasteiger partial charge in [-0.1, -0.05) is 13.8 Å². The van der Waals surface area contributed by atoms with Crippen LogP contribution in [0.15, 0.2) is 0 Å². The second kappa shape index (κ2) is 5.72. The second-order valence-corrected chi connectivity index (χ2v) is 5.05. The van der Waals surface area contributed by atoms with Crippen LogP contribution in [0.2, 0.25) is 0 Å². The smallest absolute Gasteiger partial charge is 0.00927 e. The Morgan fingerprint density at radius 1 is 1.21 bits per heavy atom. The summed E-state index contributed by atoms with van der Waals surface area (Å²) in [6.45, 7) is 10.5. The molecule has 0 aromatic carbocycles. The molecule has 1 fully saturated rings. The summed E-state index contributed by atoms with van der Waals surface area (Å²) in [4.78, 5) is 2.65. The van der Waals surface area contributed by atoms with Crippen molar-refractivity contribution in [1.29, 1.82) is 0 Å². The van der Waals surface area contributed by atoms with Gasteiger partial charge in [0.1, 0.15) is 0 Å². The Bertz CT molecular complexity index is 158. The van der Waals surface area contributed by atoms with E-state index in [1.54, 1.807) is 0 Å². The van der Waals surface area contributed by atoms with Gasteiger partial charge in [0.2, 0.25) is 0 Å². The maximum atomic E-state index is 5.51. The molecule has 1 heterocycles. The van der Waals surface area contributed by atoms with E-state index in [0.717, 1.165) is 24.4 Å². The Labute approximate surface area is 88.8 Å². The van der Waals surface area contributed by atoms with Crippen molar-refractivity contribution < 1.29 is 0 Å². The molecule has 0 amide bonds. The topological polar surface area (TPSA) is 29.3 Å². The summed E-state index contributed by atoms with van der Waals surface area (Å²) < 4.78 is 0. The van der Waals surface area contributed by atoms with Crippen LogP contribution in [0.4, 0.5) is 0 Å². The quantitative estimate of drug-likeness (QED) is 0.701. The van der Waals surface area contributed by atoms with Crippen LogP contribution in [0.5, 0.6) is 0 Å². The van der Waals surface area contributed by atoms with Crippen molar-refractivity contribution >= 4 is 0 Å². The largest absolute Gasteiger partial charge is 0.330 e. The number of nitrogens with two attached hydrogens (primary N) is 1. The van der Waals surface area contributed by atoms with E-state index in [-0.39, 0.29) is 0 Å². The van der Waals surface area contributed by atoms with Crippen LogP contribution in [0.1, 0.15) is 40.0 Å². The third kappa shape index (κ3) is 3.25. The molecule has 0 aromatic heterocycles. The van der Waals surface area contributed by atoms with Gasteiger partial charge in [0.15, 0.2) is 0 Å². The molecular formula is C12H26N2.